The van der Waals surface area contributed by atoms with Crippen molar-refractivity contribution >= 4 is 21.6 Å². The van der Waals surface area contributed by atoms with Crippen molar-refractivity contribution in [2.24, 2.45) is 0 Å². The number of sulfonamides is 1. The fraction of sp³-hybridized carbons (Fsp3) is 0.278. The van der Waals surface area contributed by atoms with Gasteiger partial charge in [-0.05, 0) is 49.2 Å². The molecule has 0 fully saturated rings. The van der Waals surface area contributed by atoms with E-state index in [0.29, 0.717) is 16.8 Å². The molecule has 25 heavy (non-hydrogen) atoms. The minimum Gasteiger partial charge on any atom is -0.497 e. The van der Waals surface area contributed by atoms with E-state index in [9.17, 15) is 13.2 Å². The van der Waals surface area contributed by atoms with Crippen LogP contribution in [0.5, 0.6) is 5.75 Å². The van der Waals surface area contributed by atoms with Crippen molar-refractivity contribution in [2.75, 3.05) is 18.1 Å². The van der Waals surface area contributed by atoms with E-state index in [4.69, 9.17) is 4.74 Å². The number of carbonyl (C=O) groups excluding carboxylic acids is 1. The van der Waals surface area contributed by atoms with E-state index in [-0.39, 0.29) is 11.9 Å². The van der Waals surface area contributed by atoms with Crippen molar-refractivity contribution in [1.29, 1.82) is 0 Å². The monoisotopic (exact) mass is 362 g/mol. The first-order valence-electron chi connectivity index (χ1n) is 7.73. The molecule has 1 unspecified atom stereocenters. The summed E-state index contributed by atoms with van der Waals surface area (Å²) in [7, 11) is -1.81. The molecule has 2 aromatic carbocycles. The summed E-state index contributed by atoms with van der Waals surface area (Å²) in [6.45, 7) is 3.59. The number of nitrogens with one attached hydrogen (secondary N) is 2. The van der Waals surface area contributed by atoms with Crippen LogP contribution >= 0.6 is 0 Å². The minimum atomic E-state index is -3.41. The maximum atomic E-state index is 12.6. The first-order valence-corrected chi connectivity index (χ1v) is 9.62. The molecule has 134 valence electrons. The summed E-state index contributed by atoms with van der Waals surface area (Å²) in [5, 5.41) is 2.92. The van der Waals surface area contributed by atoms with Gasteiger partial charge in [-0.25, -0.2) is 8.42 Å². The molecule has 0 aromatic heterocycles. The van der Waals surface area contributed by atoms with Crippen LogP contribution in [-0.4, -0.2) is 27.7 Å². The van der Waals surface area contributed by atoms with Crippen molar-refractivity contribution in [1.82, 2.24) is 5.32 Å². The molecule has 0 aliphatic carbocycles. The molecule has 1 atom stereocenters. The van der Waals surface area contributed by atoms with Crippen LogP contribution in [0.25, 0.3) is 0 Å². The Hall–Kier alpha value is -2.54. The summed E-state index contributed by atoms with van der Waals surface area (Å²) in [5.41, 5.74) is 2.34. The Labute approximate surface area is 148 Å². The second-order valence-corrected chi connectivity index (χ2v) is 7.57. The van der Waals surface area contributed by atoms with Crippen LogP contribution in [0.3, 0.4) is 0 Å². The van der Waals surface area contributed by atoms with Gasteiger partial charge in [0.15, 0.2) is 0 Å². The van der Waals surface area contributed by atoms with Crippen molar-refractivity contribution in [3.05, 3.63) is 59.2 Å². The van der Waals surface area contributed by atoms with Crippen molar-refractivity contribution in [3.63, 3.8) is 0 Å². The lowest BCUT2D eigenvalue weighted by Crippen LogP contribution is -2.27. The Kier molecular flexibility index (Phi) is 5.69. The number of anilines is 1. The van der Waals surface area contributed by atoms with E-state index in [2.05, 4.69) is 10.0 Å². The molecule has 1 amide bonds. The van der Waals surface area contributed by atoms with Gasteiger partial charge in [0.2, 0.25) is 10.0 Å². The van der Waals surface area contributed by atoms with Gasteiger partial charge in [-0.1, -0.05) is 18.2 Å². The smallest absolute Gasteiger partial charge is 0.252 e. The van der Waals surface area contributed by atoms with E-state index in [1.165, 1.54) is 0 Å². The Morgan fingerprint density at radius 1 is 1.12 bits per heavy atom. The molecule has 0 aliphatic rings. The SMILES string of the molecule is COc1ccc(C(C)NC(=O)c2cccc(NS(C)(=O)=O)c2C)cc1. The van der Waals surface area contributed by atoms with Crippen LogP contribution in [0.4, 0.5) is 5.69 Å². The third-order valence-electron chi connectivity index (χ3n) is 3.84. The summed E-state index contributed by atoms with van der Waals surface area (Å²) < 4.78 is 30.4. The predicted molar refractivity (Wildman–Crippen MR) is 98.5 cm³/mol. The van der Waals surface area contributed by atoms with E-state index < -0.39 is 10.0 Å². The van der Waals surface area contributed by atoms with Crippen LogP contribution < -0.4 is 14.8 Å². The highest BCUT2D eigenvalue weighted by molar-refractivity contribution is 7.92. The molecule has 0 aliphatic heterocycles. The van der Waals surface area contributed by atoms with Crippen molar-refractivity contribution in [2.45, 2.75) is 19.9 Å². The second-order valence-electron chi connectivity index (χ2n) is 5.82. The zero-order chi connectivity index (χ0) is 18.6. The molecule has 2 rings (SSSR count). The highest BCUT2D eigenvalue weighted by Crippen LogP contribution is 2.22. The highest BCUT2D eigenvalue weighted by atomic mass is 32.2. The molecular weight excluding hydrogens is 340 g/mol. The quantitative estimate of drug-likeness (QED) is 0.827. The van der Waals surface area contributed by atoms with Gasteiger partial charge in [0.05, 0.1) is 25.1 Å². The van der Waals surface area contributed by atoms with Crippen molar-refractivity contribution < 1.29 is 17.9 Å². The number of rotatable bonds is 6. The number of hydrogen-bond acceptors (Lipinski definition) is 4. The normalized spacial score (nSPS) is 12.3. The summed E-state index contributed by atoms with van der Waals surface area (Å²) in [4.78, 5) is 12.6. The average Bonchev–Trinajstić information content (AvgIpc) is 2.55. The molecule has 0 saturated heterocycles. The molecule has 0 saturated carbocycles. The van der Waals surface area contributed by atoms with Gasteiger partial charge in [0.25, 0.3) is 5.91 Å². The number of methoxy groups -OCH3 is 1. The molecule has 2 aromatic rings. The van der Waals surface area contributed by atoms with E-state index >= 15 is 0 Å². The Morgan fingerprint density at radius 3 is 2.32 bits per heavy atom. The zero-order valence-electron chi connectivity index (χ0n) is 14.7. The summed E-state index contributed by atoms with van der Waals surface area (Å²) in [5.74, 6) is 0.482. The summed E-state index contributed by atoms with van der Waals surface area (Å²) in [6.07, 6.45) is 1.07. The first-order chi connectivity index (χ1) is 11.7. The maximum Gasteiger partial charge on any atom is 0.252 e. The molecule has 2 N–H and O–H groups in total. The maximum absolute atomic E-state index is 12.6. The topological polar surface area (TPSA) is 84.5 Å². The van der Waals surface area contributed by atoms with Crippen LogP contribution in [0.1, 0.15) is 34.5 Å². The van der Waals surface area contributed by atoms with E-state index in [0.717, 1.165) is 17.6 Å². The molecular formula is C18H22N2O4S. The lowest BCUT2D eigenvalue weighted by atomic mass is 10.0. The predicted octanol–water partition coefficient (Wildman–Crippen LogP) is 2.87. The summed E-state index contributed by atoms with van der Waals surface area (Å²) in [6, 6.07) is 12.2. The standard InChI is InChI=1S/C18H22N2O4S/c1-12-16(6-5-7-17(12)20-25(4,22)23)18(21)19-13(2)14-8-10-15(24-3)11-9-14/h5-11,13,20H,1-4H3,(H,19,21). The van der Waals surface area contributed by atoms with Gasteiger partial charge in [0.1, 0.15) is 5.75 Å². The number of benzene rings is 2. The zero-order valence-corrected chi connectivity index (χ0v) is 15.5. The molecule has 0 radical (unpaired) electrons. The number of carbonyl (C=O) groups is 1. The number of ether oxygens (including phenoxy) is 1. The number of amides is 1. The van der Waals surface area contributed by atoms with E-state index in [1.807, 2.05) is 31.2 Å². The van der Waals surface area contributed by atoms with Gasteiger partial charge in [-0.2, -0.15) is 0 Å². The fourth-order valence-corrected chi connectivity index (χ4v) is 3.06. The lowest BCUT2D eigenvalue weighted by Gasteiger charge is -2.17. The Balaban J connectivity index is 2.18. The van der Waals surface area contributed by atoms with Crippen LogP contribution in [0.2, 0.25) is 0 Å². The second kappa shape index (κ2) is 7.57. The largest absolute Gasteiger partial charge is 0.497 e. The van der Waals surface area contributed by atoms with Crippen LogP contribution in [0, 0.1) is 6.92 Å². The third kappa shape index (κ3) is 4.96. The van der Waals surface area contributed by atoms with Gasteiger partial charge in [0, 0.05) is 5.56 Å². The van der Waals surface area contributed by atoms with Crippen LogP contribution in [-0.2, 0) is 10.0 Å². The fourth-order valence-electron chi connectivity index (χ4n) is 2.44. The summed E-state index contributed by atoms with van der Waals surface area (Å²) >= 11 is 0. The minimum absolute atomic E-state index is 0.204. The highest BCUT2D eigenvalue weighted by Gasteiger charge is 2.16. The Morgan fingerprint density at radius 2 is 1.76 bits per heavy atom. The molecule has 6 nitrogen and oxygen atoms in total. The molecule has 0 bridgehead atoms. The lowest BCUT2D eigenvalue weighted by molar-refractivity contribution is 0.0939. The van der Waals surface area contributed by atoms with Gasteiger partial charge in [-0.15, -0.1) is 0 Å². The average molecular weight is 362 g/mol. The van der Waals surface area contributed by atoms with Crippen LogP contribution in [0.15, 0.2) is 42.5 Å². The van der Waals surface area contributed by atoms with Gasteiger partial charge < -0.3 is 10.1 Å². The van der Waals surface area contributed by atoms with Crippen molar-refractivity contribution in [3.8, 4) is 5.75 Å². The van der Waals surface area contributed by atoms with Gasteiger partial charge in [-0.3, -0.25) is 9.52 Å². The van der Waals surface area contributed by atoms with E-state index in [1.54, 1.807) is 32.2 Å². The molecule has 7 heteroatoms. The molecule has 0 heterocycles. The Bertz CT molecular complexity index is 861. The molecule has 0 spiro atoms. The first kappa shape index (κ1) is 18.8. The van der Waals surface area contributed by atoms with Gasteiger partial charge >= 0.3 is 0 Å². The number of hydrogen-bond donors (Lipinski definition) is 2. The third-order valence-corrected chi connectivity index (χ3v) is 4.43.